The predicted molar refractivity (Wildman–Crippen MR) is 105 cm³/mol. The Morgan fingerprint density at radius 3 is 2.54 bits per heavy atom. The van der Waals surface area contributed by atoms with Crippen LogP contribution in [0, 0.1) is 0 Å². The average Bonchev–Trinajstić information content (AvgIpc) is 3.09. The van der Waals surface area contributed by atoms with E-state index in [1.807, 2.05) is 47.8 Å². The van der Waals surface area contributed by atoms with Crippen LogP contribution in [0.5, 0.6) is 11.5 Å². The number of hydrogen-bond donors (Lipinski definition) is 2. The molecule has 2 N–H and O–H groups in total. The van der Waals surface area contributed by atoms with E-state index < -0.39 is 0 Å². The number of anilines is 3. The first-order valence-electron chi connectivity index (χ1n) is 7.91. The fraction of sp³-hybridized carbons (Fsp3) is 0.158. The molecule has 0 unspecified atom stereocenters. The number of thiazole rings is 1. The minimum Gasteiger partial charge on any atom is -0.493 e. The van der Waals surface area contributed by atoms with E-state index in [9.17, 15) is 4.79 Å². The molecule has 1 amide bonds. The molecule has 0 aliphatic carbocycles. The van der Waals surface area contributed by atoms with Crippen LogP contribution in [0.2, 0.25) is 0 Å². The number of methoxy groups -OCH3 is 2. The molecule has 6 nitrogen and oxygen atoms in total. The standard InChI is InChI=1S/C19H19N3O3S/c1-12(23)20-14-5-4-6-15(10-14)21-19-22-16(11-26-19)13-7-8-17(24-2)18(9-13)25-3/h4-11H,1-3H3,(H,20,23)(H,21,22). The summed E-state index contributed by atoms with van der Waals surface area (Å²) < 4.78 is 10.6. The second kappa shape index (κ2) is 7.88. The fourth-order valence-electron chi connectivity index (χ4n) is 2.46. The summed E-state index contributed by atoms with van der Waals surface area (Å²) in [7, 11) is 3.22. The summed E-state index contributed by atoms with van der Waals surface area (Å²) in [6.45, 7) is 1.48. The molecule has 0 saturated heterocycles. The first-order chi connectivity index (χ1) is 12.6. The summed E-state index contributed by atoms with van der Waals surface area (Å²) in [4.78, 5) is 15.8. The van der Waals surface area contributed by atoms with E-state index in [1.54, 1.807) is 14.2 Å². The first-order valence-corrected chi connectivity index (χ1v) is 8.79. The second-order valence-corrected chi connectivity index (χ2v) is 6.35. The van der Waals surface area contributed by atoms with Crippen molar-refractivity contribution in [3.05, 3.63) is 47.8 Å². The highest BCUT2D eigenvalue weighted by Gasteiger charge is 2.10. The largest absolute Gasteiger partial charge is 0.493 e. The molecule has 0 fully saturated rings. The van der Waals surface area contributed by atoms with Gasteiger partial charge in [0.1, 0.15) is 0 Å². The first kappa shape index (κ1) is 17.8. The molecule has 0 spiro atoms. The molecule has 7 heteroatoms. The van der Waals surface area contributed by atoms with E-state index in [4.69, 9.17) is 9.47 Å². The van der Waals surface area contributed by atoms with Gasteiger partial charge in [-0.1, -0.05) is 6.07 Å². The topological polar surface area (TPSA) is 72.5 Å². The van der Waals surface area contributed by atoms with Gasteiger partial charge in [-0.25, -0.2) is 4.98 Å². The molecular weight excluding hydrogens is 350 g/mol. The highest BCUT2D eigenvalue weighted by Crippen LogP contribution is 2.34. The number of ether oxygens (including phenoxy) is 2. The van der Waals surface area contributed by atoms with Crippen molar-refractivity contribution in [3.8, 4) is 22.8 Å². The molecule has 1 aromatic heterocycles. The van der Waals surface area contributed by atoms with Gasteiger partial charge in [-0.2, -0.15) is 0 Å². The zero-order valence-corrected chi connectivity index (χ0v) is 15.5. The molecule has 0 atom stereocenters. The highest BCUT2D eigenvalue weighted by atomic mass is 32.1. The van der Waals surface area contributed by atoms with Crippen LogP contribution in [0.4, 0.5) is 16.5 Å². The maximum Gasteiger partial charge on any atom is 0.221 e. The lowest BCUT2D eigenvalue weighted by Crippen LogP contribution is -2.05. The van der Waals surface area contributed by atoms with E-state index in [2.05, 4.69) is 15.6 Å². The number of rotatable bonds is 6. The minimum absolute atomic E-state index is 0.105. The van der Waals surface area contributed by atoms with Crippen molar-refractivity contribution in [3.63, 3.8) is 0 Å². The Labute approximate surface area is 155 Å². The SMILES string of the molecule is COc1ccc(-c2csc(Nc3cccc(NC(C)=O)c3)n2)cc1OC. The smallest absolute Gasteiger partial charge is 0.221 e. The molecule has 2 aromatic carbocycles. The lowest BCUT2D eigenvalue weighted by atomic mass is 10.1. The maximum absolute atomic E-state index is 11.2. The van der Waals surface area contributed by atoms with Crippen molar-refractivity contribution in [2.75, 3.05) is 24.9 Å². The van der Waals surface area contributed by atoms with Crippen LogP contribution in [0.3, 0.4) is 0 Å². The monoisotopic (exact) mass is 369 g/mol. The number of amides is 1. The number of hydrogen-bond acceptors (Lipinski definition) is 6. The number of carbonyl (C=O) groups is 1. The molecule has 0 bridgehead atoms. The third-order valence-corrected chi connectivity index (χ3v) is 4.38. The third-order valence-electron chi connectivity index (χ3n) is 3.62. The Hall–Kier alpha value is -3.06. The molecule has 3 aromatic rings. The quantitative estimate of drug-likeness (QED) is 0.668. The van der Waals surface area contributed by atoms with E-state index >= 15 is 0 Å². The fourth-order valence-corrected chi connectivity index (χ4v) is 3.20. The van der Waals surface area contributed by atoms with E-state index in [1.165, 1.54) is 18.3 Å². The Bertz CT molecular complexity index is 924. The van der Waals surface area contributed by atoms with Crippen LogP contribution >= 0.6 is 11.3 Å². The van der Waals surface area contributed by atoms with Gasteiger partial charge < -0.3 is 20.1 Å². The Morgan fingerprint density at radius 1 is 1.04 bits per heavy atom. The number of nitrogens with one attached hydrogen (secondary N) is 2. The lowest BCUT2D eigenvalue weighted by Gasteiger charge is -2.08. The predicted octanol–water partition coefficient (Wildman–Crippen LogP) is 4.53. The van der Waals surface area contributed by atoms with Crippen molar-refractivity contribution in [2.24, 2.45) is 0 Å². The Balaban J connectivity index is 1.79. The van der Waals surface area contributed by atoms with Crippen LogP contribution < -0.4 is 20.1 Å². The Morgan fingerprint density at radius 2 is 1.81 bits per heavy atom. The summed E-state index contributed by atoms with van der Waals surface area (Å²) in [5.41, 5.74) is 3.37. The molecule has 0 aliphatic heterocycles. The summed E-state index contributed by atoms with van der Waals surface area (Å²) in [5.74, 6) is 1.24. The van der Waals surface area contributed by atoms with Crippen molar-refractivity contribution in [1.82, 2.24) is 4.98 Å². The van der Waals surface area contributed by atoms with Gasteiger partial charge in [-0.15, -0.1) is 11.3 Å². The zero-order chi connectivity index (χ0) is 18.5. The van der Waals surface area contributed by atoms with Crippen LogP contribution in [0.15, 0.2) is 47.8 Å². The Kier molecular flexibility index (Phi) is 5.38. The van der Waals surface area contributed by atoms with Gasteiger partial charge in [0.05, 0.1) is 19.9 Å². The van der Waals surface area contributed by atoms with Gasteiger partial charge in [-0.05, 0) is 36.4 Å². The van der Waals surface area contributed by atoms with Crippen molar-refractivity contribution < 1.29 is 14.3 Å². The molecule has 26 heavy (non-hydrogen) atoms. The highest BCUT2D eigenvalue weighted by molar-refractivity contribution is 7.14. The van der Waals surface area contributed by atoms with Gasteiger partial charge in [0.2, 0.25) is 5.91 Å². The summed E-state index contributed by atoms with van der Waals surface area (Å²) in [6, 6.07) is 13.2. The van der Waals surface area contributed by atoms with Crippen LogP contribution in [0.25, 0.3) is 11.3 Å². The van der Waals surface area contributed by atoms with Gasteiger partial charge in [0.25, 0.3) is 0 Å². The number of aromatic nitrogens is 1. The molecule has 1 heterocycles. The van der Waals surface area contributed by atoms with E-state index in [-0.39, 0.29) is 5.91 Å². The molecule has 3 rings (SSSR count). The van der Waals surface area contributed by atoms with Crippen LogP contribution in [-0.2, 0) is 4.79 Å². The van der Waals surface area contributed by atoms with Crippen molar-refractivity contribution in [1.29, 1.82) is 0 Å². The summed E-state index contributed by atoms with van der Waals surface area (Å²) in [6.07, 6.45) is 0. The third kappa shape index (κ3) is 4.12. The zero-order valence-electron chi connectivity index (χ0n) is 14.7. The molecular formula is C19H19N3O3S. The lowest BCUT2D eigenvalue weighted by molar-refractivity contribution is -0.114. The van der Waals surface area contributed by atoms with Crippen molar-refractivity contribution in [2.45, 2.75) is 6.92 Å². The molecule has 134 valence electrons. The molecule has 0 saturated carbocycles. The van der Waals surface area contributed by atoms with Crippen LogP contribution in [0.1, 0.15) is 6.92 Å². The molecule has 0 aliphatic rings. The number of benzene rings is 2. The second-order valence-electron chi connectivity index (χ2n) is 5.49. The average molecular weight is 369 g/mol. The van der Waals surface area contributed by atoms with Gasteiger partial charge in [0, 0.05) is 29.2 Å². The number of carbonyl (C=O) groups excluding carboxylic acids is 1. The van der Waals surface area contributed by atoms with Gasteiger partial charge in [0.15, 0.2) is 16.6 Å². The van der Waals surface area contributed by atoms with E-state index in [0.717, 1.165) is 27.8 Å². The summed E-state index contributed by atoms with van der Waals surface area (Å²) >= 11 is 1.50. The van der Waals surface area contributed by atoms with Crippen molar-refractivity contribution >= 4 is 33.8 Å². The number of nitrogens with zero attached hydrogens (tertiary/aromatic N) is 1. The van der Waals surface area contributed by atoms with Crippen LogP contribution in [-0.4, -0.2) is 25.1 Å². The normalized spacial score (nSPS) is 10.3. The maximum atomic E-state index is 11.2. The minimum atomic E-state index is -0.105. The summed E-state index contributed by atoms with van der Waals surface area (Å²) in [5, 5.41) is 8.76. The van der Waals surface area contributed by atoms with Gasteiger partial charge in [-0.3, -0.25) is 4.79 Å². The molecule has 0 radical (unpaired) electrons. The van der Waals surface area contributed by atoms with E-state index in [0.29, 0.717) is 11.5 Å². The van der Waals surface area contributed by atoms with Gasteiger partial charge >= 0.3 is 0 Å².